The van der Waals surface area contributed by atoms with Crippen molar-refractivity contribution >= 4 is 17.6 Å². The van der Waals surface area contributed by atoms with Crippen LogP contribution in [0.3, 0.4) is 0 Å². The largest absolute Gasteiger partial charge is 0.444 e. The number of nitrogens with one attached hydrogen (secondary N) is 1. The first-order valence-corrected chi connectivity index (χ1v) is 10.4. The molecule has 154 valence electrons. The Labute approximate surface area is 167 Å². The zero-order valence-electron chi connectivity index (χ0n) is 17.6. The van der Waals surface area contributed by atoms with Crippen LogP contribution < -0.4 is 10.2 Å². The summed E-state index contributed by atoms with van der Waals surface area (Å²) in [5.74, 6) is 0.317. The van der Waals surface area contributed by atoms with Crippen LogP contribution >= 0.6 is 0 Å². The Balaban J connectivity index is 1.57. The molecule has 2 unspecified atom stereocenters. The minimum atomic E-state index is -0.621. The summed E-state index contributed by atoms with van der Waals surface area (Å²) >= 11 is 0. The molecule has 2 bridgehead atoms. The van der Waals surface area contributed by atoms with E-state index in [1.54, 1.807) is 0 Å². The van der Waals surface area contributed by atoms with E-state index in [0.717, 1.165) is 37.2 Å². The highest BCUT2D eigenvalue weighted by atomic mass is 16.6. The van der Waals surface area contributed by atoms with Crippen LogP contribution in [0, 0.1) is 0 Å². The number of nitrogens with zero attached hydrogens (tertiary/aromatic N) is 3. The number of fused-ring (bicyclic) bond motifs is 3. The number of hydrogen-bond acceptors (Lipinski definition) is 6. The molecule has 4 heterocycles. The maximum absolute atomic E-state index is 12.8. The van der Waals surface area contributed by atoms with E-state index in [0.29, 0.717) is 6.61 Å². The molecule has 0 aromatic carbocycles. The van der Waals surface area contributed by atoms with Crippen LogP contribution in [0.25, 0.3) is 0 Å². The van der Waals surface area contributed by atoms with Gasteiger partial charge in [-0.1, -0.05) is 0 Å². The van der Waals surface area contributed by atoms with E-state index in [1.165, 1.54) is 0 Å². The standard InChI is InChI=1S/C21H32N4O3/c1-6-27-21(5)23-17-8-7-11-22-18(17)25(21)16-12-14-9-10-15(13-16)24(14)19(26)28-20(2,3)4/h7-8,11,14-16,23H,6,9-10,12-13H2,1-5H3/t14-,15+,16?,21?. The number of ether oxygens (including phenoxy) is 2. The lowest BCUT2D eigenvalue weighted by Crippen LogP contribution is -2.60. The molecular weight excluding hydrogens is 356 g/mol. The van der Waals surface area contributed by atoms with Crippen molar-refractivity contribution in [3.8, 4) is 0 Å². The maximum Gasteiger partial charge on any atom is 0.410 e. The molecule has 4 rings (SSSR count). The molecule has 1 aromatic heterocycles. The zero-order valence-corrected chi connectivity index (χ0v) is 17.6. The van der Waals surface area contributed by atoms with Gasteiger partial charge >= 0.3 is 6.09 Å². The van der Waals surface area contributed by atoms with Gasteiger partial charge in [0.05, 0.1) is 5.69 Å². The molecule has 28 heavy (non-hydrogen) atoms. The van der Waals surface area contributed by atoms with Crippen LogP contribution in [0.15, 0.2) is 18.3 Å². The number of rotatable bonds is 3. The molecule has 0 radical (unpaired) electrons. The van der Waals surface area contributed by atoms with Gasteiger partial charge in [-0.15, -0.1) is 0 Å². The van der Waals surface area contributed by atoms with Gasteiger partial charge in [-0.2, -0.15) is 0 Å². The Morgan fingerprint density at radius 1 is 1.29 bits per heavy atom. The second-order valence-corrected chi connectivity index (χ2v) is 9.18. The van der Waals surface area contributed by atoms with Gasteiger partial charge in [-0.3, -0.25) is 0 Å². The summed E-state index contributed by atoms with van der Waals surface area (Å²) in [7, 11) is 0. The normalized spacial score (nSPS) is 31.5. The van der Waals surface area contributed by atoms with E-state index < -0.39 is 11.4 Å². The molecule has 7 nitrogen and oxygen atoms in total. The molecule has 1 aromatic rings. The first-order chi connectivity index (χ1) is 13.2. The number of aromatic nitrogens is 1. The Bertz CT molecular complexity index is 735. The van der Waals surface area contributed by atoms with Gasteiger partial charge in [0.15, 0.2) is 5.82 Å². The summed E-state index contributed by atoms with van der Waals surface area (Å²) in [5, 5.41) is 3.51. The summed E-state index contributed by atoms with van der Waals surface area (Å²) in [4.78, 5) is 21.7. The van der Waals surface area contributed by atoms with E-state index in [1.807, 2.05) is 50.9 Å². The van der Waals surface area contributed by atoms with Gasteiger partial charge in [0, 0.05) is 37.9 Å². The maximum atomic E-state index is 12.8. The Hall–Kier alpha value is -2.02. The van der Waals surface area contributed by atoms with Crippen LogP contribution in [-0.2, 0) is 9.47 Å². The summed E-state index contributed by atoms with van der Waals surface area (Å²) in [5.41, 5.74) is 0.531. The molecule has 3 aliphatic heterocycles. The van der Waals surface area contributed by atoms with Crippen molar-refractivity contribution in [1.29, 1.82) is 0 Å². The summed E-state index contributed by atoms with van der Waals surface area (Å²) in [6, 6.07) is 4.66. The molecule has 0 spiro atoms. The number of carbonyl (C=O) groups is 1. The van der Waals surface area contributed by atoms with Crippen molar-refractivity contribution in [2.75, 3.05) is 16.8 Å². The van der Waals surface area contributed by atoms with Crippen LogP contribution in [0.2, 0.25) is 0 Å². The third-order valence-electron chi connectivity index (χ3n) is 5.94. The Morgan fingerprint density at radius 3 is 2.57 bits per heavy atom. The number of carbonyl (C=O) groups excluding carboxylic acids is 1. The lowest BCUT2D eigenvalue weighted by atomic mass is 9.95. The molecule has 3 aliphatic rings. The third kappa shape index (κ3) is 3.30. The zero-order chi connectivity index (χ0) is 20.1. The molecule has 1 N–H and O–H groups in total. The van der Waals surface area contributed by atoms with E-state index >= 15 is 0 Å². The average Bonchev–Trinajstić information content (AvgIpc) is 3.04. The molecule has 7 heteroatoms. The highest BCUT2D eigenvalue weighted by molar-refractivity contribution is 5.74. The van der Waals surface area contributed by atoms with Crippen LogP contribution in [-0.4, -0.2) is 52.2 Å². The molecular formula is C21H32N4O3. The average molecular weight is 389 g/mol. The van der Waals surface area contributed by atoms with E-state index in [2.05, 4.69) is 22.1 Å². The lowest BCUT2D eigenvalue weighted by molar-refractivity contribution is -0.0190. The van der Waals surface area contributed by atoms with E-state index in [9.17, 15) is 4.79 Å². The van der Waals surface area contributed by atoms with E-state index in [-0.39, 0.29) is 24.2 Å². The fraction of sp³-hybridized carbons (Fsp3) is 0.714. The number of amides is 1. The van der Waals surface area contributed by atoms with Crippen molar-refractivity contribution < 1.29 is 14.3 Å². The predicted octanol–water partition coefficient (Wildman–Crippen LogP) is 3.95. The minimum absolute atomic E-state index is 0.177. The van der Waals surface area contributed by atoms with Gasteiger partial charge in [-0.05, 0) is 65.5 Å². The van der Waals surface area contributed by atoms with Crippen LogP contribution in [0.5, 0.6) is 0 Å². The molecule has 4 atom stereocenters. The monoisotopic (exact) mass is 388 g/mol. The van der Waals surface area contributed by atoms with Crippen LogP contribution in [0.1, 0.15) is 60.3 Å². The second-order valence-electron chi connectivity index (χ2n) is 9.18. The van der Waals surface area contributed by atoms with E-state index in [4.69, 9.17) is 9.47 Å². The SMILES string of the molecule is CCOC1(C)Nc2cccnc2N1C1C[C@H]2CC[C@@H](C1)N2C(=O)OC(C)(C)C. The van der Waals surface area contributed by atoms with Gasteiger partial charge in [0.2, 0.25) is 5.85 Å². The fourth-order valence-corrected chi connectivity index (χ4v) is 5.08. The highest BCUT2D eigenvalue weighted by Gasteiger charge is 2.52. The van der Waals surface area contributed by atoms with Gasteiger partial charge in [0.1, 0.15) is 5.60 Å². The van der Waals surface area contributed by atoms with Crippen molar-refractivity contribution in [3.05, 3.63) is 18.3 Å². The predicted molar refractivity (Wildman–Crippen MR) is 108 cm³/mol. The molecule has 1 amide bonds. The third-order valence-corrected chi connectivity index (χ3v) is 5.94. The van der Waals surface area contributed by atoms with Crippen molar-refractivity contribution in [1.82, 2.24) is 9.88 Å². The summed E-state index contributed by atoms with van der Waals surface area (Å²) in [6.07, 6.45) is 5.51. The van der Waals surface area contributed by atoms with Crippen LogP contribution in [0.4, 0.5) is 16.3 Å². The number of anilines is 2. The first kappa shape index (κ1) is 19.3. The molecule has 2 fully saturated rings. The smallest absolute Gasteiger partial charge is 0.410 e. The van der Waals surface area contributed by atoms with Crippen molar-refractivity contribution in [2.45, 2.75) is 89.9 Å². The van der Waals surface area contributed by atoms with Crippen molar-refractivity contribution in [3.63, 3.8) is 0 Å². The van der Waals surface area contributed by atoms with Crippen molar-refractivity contribution in [2.24, 2.45) is 0 Å². The quantitative estimate of drug-likeness (QED) is 0.846. The number of hydrogen-bond donors (Lipinski definition) is 1. The molecule has 0 saturated carbocycles. The second kappa shape index (κ2) is 6.79. The van der Waals surface area contributed by atoms with Gasteiger partial charge in [0.25, 0.3) is 0 Å². The lowest BCUT2D eigenvalue weighted by Gasteiger charge is -2.47. The highest BCUT2D eigenvalue weighted by Crippen LogP contribution is 2.46. The topological polar surface area (TPSA) is 66.9 Å². The molecule has 2 saturated heterocycles. The minimum Gasteiger partial charge on any atom is -0.444 e. The van der Waals surface area contributed by atoms with Gasteiger partial charge in [-0.25, -0.2) is 9.78 Å². The summed E-state index contributed by atoms with van der Waals surface area (Å²) < 4.78 is 11.8. The number of piperidine rings is 1. The first-order valence-electron chi connectivity index (χ1n) is 10.4. The fourth-order valence-electron chi connectivity index (χ4n) is 5.08. The number of pyridine rings is 1. The van der Waals surface area contributed by atoms with Gasteiger partial charge < -0.3 is 24.6 Å². The Morgan fingerprint density at radius 2 is 1.96 bits per heavy atom. The molecule has 0 aliphatic carbocycles. The summed E-state index contributed by atoms with van der Waals surface area (Å²) in [6.45, 7) is 10.5. The Kier molecular flexibility index (Phi) is 4.68.